The standard InChI is InChI=1S/C33H30Cl2N2O5/c34-26-16-12-23(13-17-26)19-37(21-31(38)39)20-25-6-2-1-3-7-27(25)24-14-10-22(11-15-24)18-30(33(41)42)36-32(40)28-8-4-5-9-29(28)35/h1,3-17,30H,2,18-21H2,(H,36,40)(H,38,39)(H,41,42). The molecule has 1 unspecified atom stereocenters. The first kappa shape index (κ1) is 30.8. The van der Waals surface area contributed by atoms with Gasteiger partial charge in [0, 0.05) is 24.5 Å². The first-order valence-corrected chi connectivity index (χ1v) is 14.1. The average molecular weight is 606 g/mol. The van der Waals surface area contributed by atoms with Gasteiger partial charge in [-0.2, -0.15) is 0 Å². The van der Waals surface area contributed by atoms with E-state index in [4.69, 9.17) is 23.2 Å². The molecule has 0 saturated carbocycles. The highest BCUT2D eigenvalue weighted by Crippen LogP contribution is 2.28. The second kappa shape index (κ2) is 14.6. The molecule has 1 aliphatic rings. The third-order valence-electron chi connectivity index (χ3n) is 6.74. The summed E-state index contributed by atoms with van der Waals surface area (Å²) >= 11 is 12.1. The number of carbonyl (C=O) groups is 3. The monoisotopic (exact) mass is 604 g/mol. The zero-order chi connectivity index (χ0) is 30.1. The summed E-state index contributed by atoms with van der Waals surface area (Å²) in [6, 6.07) is 20.2. The maximum Gasteiger partial charge on any atom is 0.326 e. The Labute approximate surface area is 254 Å². The molecule has 42 heavy (non-hydrogen) atoms. The van der Waals surface area contributed by atoms with Crippen LogP contribution in [0.5, 0.6) is 0 Å². The molecule has 1 aliphatic carbocycles. The minimum absolute atomic E-state index is 0.0843. The van der Waals surface area contributed by atoms with Crippen molar-refractivity contribution < 1.29 is 24.6 Å². The number of allylic oxidation sites excluding steroid dienone is 4. The predicted octanol–water partition coefficient (Wildman–Crippen LogP) is 6.28. The summed E-state index contributed by atoms with van der Waals surface area (Å²) in [5.41, 5.74) is 4.74. The second-order valence-corrected chi connectivity index (χ2v) is 10.7. The van der Waals surface area contributed by atoms with Crippen LogP contribution in [0.25, 0.3) is 5.57 Å². The molecule has 1 amide bonds. The van der Waals surface area contributed by atoms with Gasteiger partial charge in [-0.25, -0.2) is 4.79 Å². The van der Waals surface area contributed by atoms with E-state index in [1.165, 1.54) is 0 Å². The minimum atomic E-state index is -1.15. The topological polar surface area (TPSA) is 107 Å². The molecule has 216 valence electrons. The fraction of sp³-hybridized carbons (Fsp3) is 0.182. The Morgan fingerprint density at radius 2 is 1.57 bits per heavy atom. The predicted molar refractivity (Wildman–Crippen MR) is 165 cm³/mol. The molecule has 4 rings (SSSR count). The van der Waals surface area contributed by atoms with Crippen molar-refractivity contribution in [2.24, 2.45) is 0 Å². The first-order valence-electron chi connectivity index (χ1n) is 13.3. The van der Waals surface area contributed by atoms with Crippen molar-refractivity contribution in [3.05, 3.63) is 135 Å². The zero-order valence-corrected chi connectivity index (χ0v) is 24.2. The summed E-state index contributed by atoms with van der Waals surface area (Å²) in [7, 11) is 0. The van der Waals surface area contributed by atoms with E-state index in [-0.39, 0.29) is 23.6 Å². The van der Waals surface area contributed by atoms with Gasteiger partial charge in [-0.3, -0.25) is 14.5 Å². The first-order chi connectivity index (χ1) is 20.2. The van der Waals surface area contributed by atoms with Crippen LogP contribution in [0.15, 0.2) is 103 Å². The molecule has 7 nitrogen and oxygen atoms in total. The Balaban J connectivity index is 1.49. The van der Waals surface area contributed by atoms with Gasteiger partial charge in [0.25, 0.3) is 5.91 Å². The average Bonchev–Trinajstić information content (AvgIpc) is 3.19. The van der Waals surface area contributed by atoms with Crippen LogP contribution in [-0.2, 0) is 22.6 Å². The molecule has 3 N–H and O–H groups in total. The molecule has 9 heteroatoms. The highest BCUT2D eigenvalue weighted by Gasteiger charge is 2.23. The van der Waals surface area contributed by atoms with Gasteiger partial charge in [0.2, 0.25) is 0 Å². The highest BCUT2D eigenvalue weighted by atomic mass is 35.5. The Kier molecular flexibility index (Phi) is 10.7. The molecule has 0 aliphatic heterocycles. The van der Waals surface area contributed by atoms with Crippen LogP contribution in [0.1, 0.15) is 33.5 Å². The number of carboxylic acids is 2. The van der Waals surface area contributed by atoms with Gasteiger partial charge in [0.15, 0.2) is 0 Å². The van der Waals surface area contributed by atoms with Crippen LogP contribution in [0.2, 0.25) is 10.0 Å². The van der Waals surface area contributed by atoms with Crippen LogP contribution >= 0.6 is 23.2 Å². The van der Waals surface area contributed by atoms with Crippen LogP contribution in [-0.4, -0.2) is 52.1 Å². The third kappa shape index (κ3) is 8.66. The molecule has 1 atom stereocenters. The molecule has 0 radical (unpaired) electrons. The fourth-order valence-corrected chi connectivity index (χ4v) is 5.03. The molecule has 3 aromatic rings. The SMILES string of the molecule is O=C(O)CN(CC1=CCC=CC=C1c1ccc(CC(NC(=O)c2ccccc2Cl)C(=O)O)cc1)Cc1ccc(Cl)cc1. The molecular weight excluding hydrogens is 575 g/mol. The number of carbonyl (C=O) groups excluding carboxylic acids is 1. The maximum absolute atomic E-state index is 12.7. The van der Waals surface area contributed by atoms with Gasteiger partial charge < -0.3 is 15.5 Å². The molecule has 0 spiro atoms. The van der Waals surface area contributed by atoms with Crippen molar-refractivity contribution in [1.82, 2.24) is 10.2 Å². The Bertz CT molecular complexity index is 1530. The van der Waals surface area contributed by atoms with E-state index in [1.54, 1.807) is 36.4 Å². The summed E-state index contributed by atoms with van der Waals surface area (Å²) in [5, 5.41) is 22.8. The van der Waals surface area contributed by atoms with Crippen LogP contribution in [0.3, 0.4) is 0 Å². The van der Waals surface area contributed by atoms with E-state index >= 15 is 0 Å². The van der Waals surface area contributed by atoms with Crippen molar-refractivity contribution in [3.8, 4) is 0 Å². The van der Waals surface area contributed by atoms with Gasteiger partial charge in [0.05, 0.1) is 17.1 Å². The number of amides is 1. The molecule has 0 bridgehead atoms. The maximum atomic E-state index is 12.7. The fourth-order valence-electron chi connectivity index (χ4n) is 4.69. The third-order valence-corrected chi connectivity index (χ3v) is 7.33. The molecule has 0 fully saturated rings. The van der Waals surface area contributed by atoms with Crippen molar-refractivity contribution >= 4 is 46.6 Å². The van der Waals surface area contributed by atoms with E-state index in [1.807, 2.05) is 59.5 Å². The van der Waals surface area contributed by atoms with Crippen molar-refractivity contribution in [2.75, 3.05) is 13.1 Å². The number of aliphatic carboxylic acids is 2. The number of halogens is 2. The van der Waals surface area contributed by atoms with Gasteiger partial charge >= 0.3 is 11.9 Å². The number of carboxylic acid groups (broad SMARTS) is 2. The molecular formula is C33H30Cl2N2O5. The van der Waals surface area contributed by atoms with Gasteiger partial charge in [0.1, 0.15) is 6.04 Å². The molecule has 3 aromatic carbocycles. The lowest BCUT2D eigenvalue weighted by atomic mass is 9.94. The van der Waals surface area contributed by atoms with Crippen LogP contribution in [0, 0.1) is 0 Å². The Morgan fingerprint density at radius 1 is 0.881 bits per heavy atom. The van der Waals surface area contributed by atoms with E-state index < -0.39 is 23.9 Å². The number of nitrogens with zero attached hydrogens (tertiary/aromatic N) is 1. The molecule has 0 aromatic heterocycles. The van der Waals surface area contributed by atoms with E-state index in [0.29, 0.717) is 24.5 Å². The molecule has 0 saturated heterocycles. The van der Waals surface area contributed by atoms with E-state index in [9.17, 15) is 24.6 Å². The quantitative estimate of drug-likeness (QED) is 0.225. The summed E-state index contributed by atoms with van der Waals surface area (Å²) < 4.78 is 0. The van der Waals surface area contributed by atoms with Crippen molar-refractivity contribution in [1.29, 1.82) is 0 Å². The number of hydrogen-bond donors (Lipinski definition) is 3. The van der Waals surface area contributed by atoms with E-state index in [2.05, 4.69) is 11.4 Å². The highest BCUT2D eigenvalue weighted by molar-refractivity contribution is 6.33. The Morgan fingerprint density at radius 3 is 2.24 bits per heavy atom. The van der Waals surface area contributed by atoms with Gasteiger partial charge in [-0.05, 0) is 58.5 Å². The summed E-state index contributed by atoms with van der Waals surface area (Å²) in [5.74, 6) is -2.62. The number of nitrogens with one attached hydrogen (secondary N) is 1. The normalized spacial score (nSPS) is 13.6. The number of hydrogen-bond acceptors (Lipinski definition) is 4. The number of rotatable bonds is 12. The van der Waals surface area contributed by atoms with E-state index in [0.717, 1.165) is 27.8 Å². The van der Waals surface area contributed by atoms with Crippen LogP contribution in [0.4, 0.5) is 0 Å². The van der Waals surface area contributed by atoms with Crippen molar-refractivity contribution in [2.45, 2.75) is 25.4 Å². The molecule has 0 heterocycles. The largest absolute Gasteiger partial charge is 0.480 e. The zero-order valence-electron chi connectivity index (χ0n) is 22.7. The summed E-state index contributed by atoms with van der Waals surface area (Å²) in [6.45, 7) is 0.729. The van der Waals surface area contributed by atoms with Gasteiger partial charge in [-0.1, -0.05) is 96.0 Å². The lowest BCUT2D eigenvalue weighted by Crippen LogP contribution is -2.42. The summed E-state index contributed by atoms with van der Waals surface area (Å²) in [4.78, 5) is 38.1. The van der Waals surface area contributed by atoms with Crippen LogP contribution < -0.4 is 5.32 Å². The number of benzene rings is 3. The van der Waals surface area contributed by atoms with Gasteiger partial charge in [-0.15, -0.1) is 0 Å². The lowest BCUT2D eigenvalue weighted by Gasteiger charge is -2.24. The Hall–Kier alpha value is -4.17. The second-order valence-electron chi connectivity index (χ2n) is 9.88. The van der Waals surface area contributed by atoms with Crippen molar-refractivity contribution in [3.63, 3.8) is 0 Å². The lowest BCUT2D eigenvalue weighted by molar-refractivity contribution is -0.139. The smallest absolute Gasteiger partial charge is 0.326 e. The summed E-state index contributed by atoms with van der Waals surface area (Å²) in [6.07, 6.45) is 8.88. The minimum Gasteiger partial charge on any atom is -0.480 e.